The highest BCUT2D eigenvalue weighted by atomic mass is 16.5. The Morgan fingerprint density at radius 2 is 1.43 bits per heavy atom. The number of fused-ring (bicyclic) bond motifs is 5. The average Bonchev–Trinajstić information content (AvgIpc) is 3.20. The Kier molecular flexibility index (Phi) is 8.28. The Bertz CT molecular complexity index is 1020. The van der Waals surface area contributed by atoms with Gasteiger partial charge in [0.2, 0.25) is 0 Å². The molecule has 8 nitrogen and oxygen atoms in total. The van der Waals surface area contributed by atoms with E-state index in [1.807, 2.05) is 0 Å². The minimum atomic E-state index is -0.208. The van der Waals surface area contributed by atoms with Crippen LogP contribution in [0.1, 0.15) is 85.5 Å². The molecular weight excluding hydrogens is 530 g/mol. The van der Waals surface area contributed by atoms with E-state index in [0.29, 0.717) is 29.7 Å². The van der Waals surface area contributed by atoms with E-state index in [9.17, 15) is 14.7 Å². The first-order valence-electron chi connectivity index (χ1n) is 17.1. The maximum absolute atomic E-state index is 12.5. The quantitative estimate of drug-likeness (QED) is 0.396. The summed E-state index contributed by atoms with van der Waals surface area (Å²) in [7, 11) is 4.66. The predicted molar refractivity (Wildman–Crippen MR) is 161 cm³/mol. The van der Waals surface area contributed by atoms with Crippen LogP contribution in [-0.4, -0.2) is 115 Å². The molecule has 42 heavy (non-hydrogen) atoms. The molecule has 2 aliphatic heterocycles. The minimum absolute atomic E-state index is 0.0209. The number of piperidine rings is 1. The van der Waals surface area contributed by atoms with Gasteiger partial charge in [-0.05, 0) is 86.9 Å². The van der Waals surface area contributed by atoms with E-state index in [1.165, 1.54) is 19.3 Å². The van der Waals surface area contributed by atoms with Gasteiger partial charge >= 0.3 is 11.9 Å². The number of carbonyl (C=O) groups is 2. The Hall–Kier alpha value is -1.22. The molecule has 6 rings (SSSR count). The molecule has 2 heterocycles. The average molecular weight is 589 g/mol. The van der Waals surface area contributed by atoms with Crippen LogP contribution in [0, 0.1) is 34.5 Å². The standard InChI is InChI=1S/C34H58N3O5/c1-22(38)41-31-19-24-7-8-26-27(34(24,4)21-30(31)35-13-10-25(40)11-14-35)9-12-33(3)28(26)20-29(32(33)42-23(2)39)36-15-17-37(5,6)18-16-36/h24-32,40H,7-21H2,1-6H3/q+1/t24-,26?,27?,28?,29-,30-,31-,32-,33-,34-/m0/s1. The van der Waals surface area contributed by atoms with Gasteiger partial charge in [0.15, 0.2) is 0 Å². The normalized spacial score (nSPS) is 46.3. The zero-order valence-corrected chi connectivity index (χ0v) is 27.2. The summed E-state index contributed by atoms with van der Waals surface area (Å²) in [6, 6.07) is 0.551. The van der Waals surface area contributed by atoms with Crippen molar-refractivity contribution in [1.82, 2.24) is 9.80 Å². The molecule has 0 bridgehead atoms. The molecular formula is C34H58N3O5+. The van der Waals surface area contributed by atoms with Gasteiger partial charge in [-0.2, -0.15) is 0 Å². The molecule has 238 valence electrons. The van der Waals surface area contributed by atoms with Crippen LogP contribution < -0.4 is 0 Å². The highest BCUT2D eigenvalue weighted by Gasteiger charge is 2.65. The second kappa shape index (κ2) is 11.3. The van der Waals surface area contributed by atoms with Crippen molar-refractivity contribution in [2.75, 3.05) is 53.4 Å². The fraction of sp³-hybridized carbons (Fsp3) is 0.941. The maximum atomic E-state index is 12.5. The van der Waals surface area contributed by atoms with E-state index in [-0.39, 0.29) is 47.1 Å². The van der Waals surface area contributed by atoms with Crippen molar-refractivity contribution in [3.8, 4) is 0 Å². The van der Waals surface area contributed by atoms with Crippen molar-refractivity contribution in [2.45, 2.75) is 116 Å². The Morgan fingerprint density at radius 1 is 0.786 bits per heavy atom. The summed E-state index contributed by atoms with van der Waals surface area (Å²) in [5, 5.41) is 10.2. The summed E-state index contributed by atoms with van der Waals surface area (Å²) in [6.07, 6.45) is 9.28. The molecule has 4 saturated carbocycles. The smallest absolute Gasteiger partial charge is 0.302 e. The fourth-order valence-electron chi connectivity index (χ4n) is 11.2. The third kappa shape index (κ3) is 5.45. The molecule has 10 atom stereocenters. The van der Waals surface area contributed by atoms with Gasteiger partial charge in [0, 0.05) is 57.5 Å². The van der Waals surface area contributed by atoms with Gasteiger partial charge < -0.3 is 19.1 Å². The Balaban J connectivity index is 1.26. The summed E-state index contributed by atoms with van der Waals surface area (Å²) in [5.41, 5.74) is 0.239. The highest BCUT2D eigenvalue weighted by Crippen LogP contribution is 2.67. The van der Waals surface area contributed by atoms with Gasteiger partial charge in [0.1, 0.15) is 12.2 Å². The number of ether oxygens (including phenoxy) is 2. The summed E-state index contributed by atoms with van der Waals surface area (Å²) < 4.78 is 13.4. The molecule has 8 heteroatoms. The van der Waals surface area contributed by atoms with Crippen LogP contribution in [0.5, 0.6) is 0 Å². The summed E-state index contributed by atoms with van der Waals surface area (Å²) in [4.78, 5) is 29.9. The van der Waals surface area contributed by atoms with Crippen LogP contribution in [0.15, 0.2) is 0 Å². The molecule has 0 amide bonds. The van der Waals surface area contributed by atoms with Crippen LogP contribution in [0.3, 0.4) is 0 Å². The van der Waals surface area contributed by atoms with Crippen molar-refractivity contribution >= 4 is 11.9 Å². The van der Waals surface area contributed by atoms with Gasteiger partial charge in [0.25, 0.3) is 0 Å². The lowest BCUT2D eigenvalue weighted by molar-refractivity contribution is -0.894. The number of carbonyl (C=O) groups excluding carboxylic acids is 2. The number of piperazine rings is 1. The van der Waals surface area contributed by atoms with E-state index >= 15 is 0 Å². The van der Waals surface area contributed by atoms with Crippen molar-refractivity contribution in [2.24, 2.45) is 34.5 Å². The van der Waals surface area contributed by atoms with Crippen molar-refractivity contribution in [1.29, 1.82) is 0 Å². The SMILES string of the molecule is CC(=O)O[C@H]1C[C@@H]2CCC3C4C[C@H](N5CC[N+](C)(C)CC5)[C@H](OC(C)=O)[C@@]4(C)CCC3[C@@]2(C)C[C@@H]1N1CCC(O)CC1. The third-order valence-electron chi connectivity index (χ3n) is 13.6. The van der Waals surface area contributed by atoms with Gasteiger partial charge in [0.05, 0.1) is 33.3 Å². The van der Waals surface area contributed by atoms with Gasteiger partial charge in [-0.1, -0.05) is 13.8 Å². The van der Waals surface area contributed by atoms with Crippen LogP contribution in [0.2, 0.25) is 0 Å². The number of likely N-dealkylation sites (tertiary alicyclic amines) is 1. The molecule has 2 saturated heterocycles. The van der Waals surface area contributed by atoms with E-state index in [0.717, 1.165) is 82.3 Å². The molecule has 3 unspecified atom stereocenters. The van der Waals surface area contributed by atoms with Gasteiger partial charge in [-0.3, -0.25) is 19.4 Å². The number of aliphatic hydroxyl groups is 1. The first-order valence-corrected chi connectivity index (χ1v) is 17.1. The fourth-order valence-corrected chi connectivity index (χ4v) is 11.2. The van der Waals surface area contributed by atoms with Crippen molar-refractivity contribution in [3.63, 3.8) is 0 Å². The van der Waals surface area contributed by atoms with Gasteiger partial charge in [-0.15, -0.1) is 0 Å². The van der Waals surface area contributed by atoms with Crippen LogP contribution >= 0.6 is 0 Å². The Labute approximate surface area is 254 Å². The monoisotopic (exact) mass is 588 g/mol. The molecule has 6 aliphatic rings. The zero-order valence-electron chi connectivity index (χ0n) is 27.2. The molecule has 1 N–H and O–H groups in total. The molecule has 4 aliphatic carbocycles. The number of nitrogens with zero attached hydrogens (tertiary/aromatic N) is 3. The summed E-state index contributed by atoms with van der Waals surface area (Å²) in [6.45, 7) is 14.4. The largest absolute Gasteiger partial charge is 0.461 e. The predicted octanol–water partition coefficient (Wildman–Crippen LogP) is 3.70. The number of hydrogen-bond donors (Lipinski definition) is 1. The van der Waals surface area contributed by atoms with Crippen LogP contribution in [0.4, 0.5) is 0 Å². The van der Waals surface area contributed by atoms with Crippen LogP contribution in [0.25, 0.3) is 0 Å². The topological polar surface area (TPSA) is 79.3 Å². The highest BCUT2D eigenvalue weighted by molar-refractivity contribution is 5.66. The van der Waals surface area contributed by atoms with E-state index in [4.69, 9.17) is 9.47 Å². The van der Waals surface area contributed by atoms with E-state index in [2.05, 4.69) is 37.7 Å². The second-order valence-corrected chi connectivity index (χ2v) is 16.4. The number of quaternary nitrogens is 1. The minimum Gasteiger partial charge on any atom is -0.461 e. The number of rotatable bonds is 4. The third-order valence-corrected chi connectivity index (χ3v) is 13.6. The van der Waals surface area contributed by atoms with Crippen LogP contribution in [-0.2, 0) is 19.1 Å². The lowest BCUT2D eigenvalue weighted by atomic mass is 9.44. The van der Waals surface area contributed by atoms with Crippen molar-refractivity contribution in [3.05, 3.63) is 0 Å². The summed E-state index contributed by atoms with van der Waals surface area (Å²) >= 11 is 0. The van der Waals surface area contributed by atoms with Crippen molar-refractivity contribution < 1.29 is 28.7 Å². The number of likely N-dealkylation sites (N-methyl/N-ethyl adjacent to an activating group) is 1. The molecule has 0 radical (unpaired) electrons. The van der Waals surface area contributed by atoms with Gasteiger partial charge in [-0.25, -0.2) is 0 Å². The lowest BCUT2D eigenvalue weighted by Crippen LogP contribution is -2.61. The lowest BCUT2D eigenvalue weighted by Gasteiger charge is -2.62. The molecule has 6 fully saturated rings. The number of hydrogen-bond acceptors (Lipinski definition) is 7. The first-order chi connectivity index (χ1) is 19.8. The zero-order chi connectivity index (χ0) is 30.0. The van der Waals surface area contributed by atoms with E-state index < -0.39 is 0 Å². The first kappa shape index (κ1) is 30.8. The second-order valence-electron chi connectivity index (χ2n) is 16.4. The number of aliphatic hydroxyl groups excluding tert-OH is 1. The summed E-state index contributed by atoms with van der Waals surface area (Å²) in [5.74, 6) is 2.15. The van der Waals surface area contributed by atoms with E-state index in [1.54, 1.807) is 13.8 Å². The maximum Gasteiger partial charge on any atom is 0.302 e. The molecule has 0 aromatic rings. The molecule has 0 spiro atoms. The molecule has 0 aromatic carbocycles. The number of esters is 2. The molecule has 0 aromatic heterocycles. The Morgan fingerprint density at radius 3 is 2.07 bits per heavy atom.